The van der Waals surface area contributed by atoms with Gasteiger partial charge in [0.1, 0.15) is 0 Å². The number of hydrogen-bond acceptors (Lipinski definition) is 2. The lowest BCUT2D eigenvalue weighted by Crippen LogP contribution is -1.97. The first-order valence-electron chi connectivity index (χ1n) is 1.01. The zero-order chi connectivity index (χ0) is 5.21. The van der Waals surface area contributed by atoms with Gasteiger partial charge in [-0.25, -0.2) is 0 Å². The standard InChI is InChI=1S/CH2Cl3NS/c2-1(3,4)6-5/h5H2. The third-order valence-electron chi connectivity index (χ3n) is 0.134. The van der Waals surface area contributed by atoms with Crippen molar-refractivity contribution in [3.8, 4) is 0 Å². The molecule has 0 aromatic rings. The molecule has 2 N–H and O–H groups in total. The molecule has 0 fully saturated rings. The fraction of sp³-hybridized carbons (Fsp3) is 1.00. The maximum atomic E-state index is 5.09. The lowest BCUT2D eigenvalue weighted by Gasteiger charge is -2.01. The number of alkyl halides is 3. The van der Waals surface area contributed by atoms with Crippen LogP contribution in [0.5, 0.6) is 0 Å². The highest BCUT2D eigenvalue weighted by molar-refractivity contribution is 8.02. The highest BCUT2D eigenvalue weighted by Crippen LogP contribution is 2.34. The molecule has 0 aliphatic carbocycles. The quantitative estimate of drug-likeness (QED) is 0.440. The van der Waals surface area contributed by atoms with Crippen LogP contribution in [-0.2, 0) is 0 Å². The van der Waals surface area contributed by atoms with Gasteiger partial charge in [0.25, 0.3) is 3.12 Å². The Bertz CT molecular complexity index is 40.5. The van der Waals surface area contributed by atoms with Crippen LogP contribution in [0.1, 0.15) is 0 Å². The molecule has 0 saturated heterocycles. The van der Waals surface area contributed by atoms with E-state index in [0.29, 0.717) is 11.9 Å². The minimum Gasteiger partial charge on any atom is -0.274 e. The van der Waals surface area contributed by atoms with Crippen LogP contribution >= 0.6 is 46.8 Å². The van der Waals surface area contributed by atoms with E-state index in [1.165, 1.54) is 0 Å². The van der Waals surface area contributed by atoms with Gasteiger partial charge in [0.2, 0.25) is 0 Å². The van der Waals surface area contributed by atoms with Crippen LogP contribution in [0.2, 0.25) is 0 Å². The van der Waals surface area contributed by atoms with Crippen molar-refractivity contribution in [1.29, 1.82) is 0 Å². The smallest absolute Gasteiger partial charge is 0.250 e. The van der Waals surface area contributed by atoms with E-state index in [0.717, 1.165) is 0 Å². The van der Waals surface area contributed by atoms with Crippen LogP contribution in [0.25, 0.3) is 0 Å². The van der Waals surface area contributed by atoms with Crippen molar-refractivity contribution < 1.29 is 0 Å². The molecule has 0 aromatic heterocycles. The van der Waals surface area contributed by atoms with Crippen LogP contribution in [-0.4, -0.2) is 3.12 Å². The number of hydrogen-bond donors (Lipinski definition) is 1. The maximum Gasteiger partial charge on any atom is 0.250 e. The summed E-state index contributed by atoms with van der Waals surface area (Å²) < 4.78 is -1.35. The molecule has 0 radical (unpaired) electrons. The van der Waals surface area contributed by atoms with Gasteiger partial charge in [-0.2, -0.15) is 0 Å². The van der Waals surface area contributed by atoms with Gasteiger partial charge < -0.3 is 0 Å². The average Bonchev–Trinajstić information content (AvgIpc) is 1.35. The molecule has 6 heavy (non-hydrogen) atoms. The molecular formula is CH2Cl3NS. The Morgan fingerprint density at radius 1 is 1.33 bits per heavy atom. The molecule has 0 heterocycles. The molecule has 38 valence electrons. The van der Waals surface area contributed by atoms with Crippen molar-refractivity contribution in [3.05, 3.63) is 0 Å². The van der Waals surface area contributed by atoms with E-state index < -0.39 is 3.12 Å². The molecule has 0 spiro atoms. The van der Waals surface area contributed by atoms with E-state index in [9.17, 15) is 0 Å². The summed E-state index contributed by atoms with van der Waals surface area (Å²) in [6, 6.07) is 0. The molecule has 1 nitrogen and oxygen atoms in total. The molecule has 0 rings (SSSR count). The Morgan fingerprint density at radius 3 is 1.50 bits per heavy atom. The summed E-state index contributed by atoms with van der Waals surface area (Å²) in [5, 5.41) is 4.83. The van der Waals surface area contributed by atoms with Gasteiger partial charge in [0, 0.05) is 0 Å². The van der Waals surface area contributed by atoms with Crippen molar-refractivity contribution >= 4 is 46.8 Å². The van der Waals surface area contributed by atoms with Gasteiger partial charge in [0.15, 0.2) is 0 Å². The fourth-order valence-electron chi connectivity index (χ4n) is 0. The highest BCUT2D eigenvalue weighted by atomic mass is 35.6. The Kier molecular flexibility index (Phi) is 2.97. The molecule has 0 saturated carbocycles. The second kappa shape index (κ2) is 2.48. The second-order valence-electron chi connectivity index (χ2n) is 0.564. The van der Waals surface area contributed by atoms with Gasteiger partial charge in [-0.15, -0.1) is 0 Å². The zero-order valence-corrected chi connectivity index (χ0v) is 5.70. The summed E-state index contributed by atoms with van der Waals surface area (Å²) in [6.07, 6.45) is 0. The molecule has 0 aliphatic rings. The Balaban J connectivity index is 3.17. The lowest BCUT2D eigenvalue weighted by molar-refractivity contribution is 1.75. The van der Waals surface area contributed by atoms with Crippen molar-refractivity contribution in [3.63, 3.8) is 0 Å². The Hall–Kier alpha value is 1.18. The first-order valence-corrected chi connectivity index (χ1v) is 3.02. The molecule has 0 aliphatic heterocycles. The van der Waals surface area contributed by atoms with E-state index in [1.807, 2.05) is 0 Å². The van der Waals surface area contributed by atoms with Gasteiger partial charge in [-0.1, -0.05) is 34.8 Å². The number of halogens is 3. The van der Waals surface area contributed by atoms with Crippen molar-refractivity contribution in [2.75, 3.05) is 0 Å². The summed E-state index contributed by atoms with van der Waals surface area (Å²) >= 11 is 15.9. The van der Waals surface area contributed by atoms with Gasteiger partial charge in [-0.05, 0) is 11.9 Å². The molecule has 0 unspecified atom stereocenters. The first kappa shape index (κ1) is 7.18. The van der Waals surface area contributed by atoms with E-state index in [2.05, 4.69) is 0 Å². The summed E-state index contributed by atoms with van der Waals surface area (Å²) in [7, 11) is 0. The Morgan fingerprint density at radius 2 is 1.50 bits per heavy atom. The van der Waals surface area contributed by atoms with E-state index >= 15 is 0 Å². The highest BCUT2D eigenvalue weighted by Gasteiger charge is 2.16. The van der Waals surface area contributed by atoms with Crippen LogP contribution in [0.4, 0.5) is 0 Å². The minimum atomic E-state index is -1.35. The molecule has 0 aromatic carbocycles. The van der Waals surface area contributed by atoms with Crippen molar-refractivity contribution in [2.45, 2.75) is 3.12 Å². The first-order chi connectivity index (χ1) is 2.56. The minimum absolute atomic E-state index is 0.678. The lowest BCUT2D eigenvalue weighted by atomic mass is 11.8. The maximum absolute atomic E-state index is 5.09. The summed E-state index contributed by atoms with van der Waals surface area (Å²) in [4.78, 5) is 0. The summed E-state index contributed by atoms with van der Waals surface area (Å²) in [6.45, 7) is 0. The molecular weight excluding hydrogens is 164 g/mol. The monoisotopic (exact) mass is 165 g/mol. The van der Waals surface area contributed by atoms with Crippen molar-refractivity contribution in [1.82, 2.24) is 0 Å². The molecule has 0 amide bonds. The average molecular weight is 166 g/mol. The third kappa shape index (κ3) is 5.18. The number of nitrogens with two attached hydrogens (primary N) is 1. The predicted molar refractivity (Wildman–Crippen MR) is 32.1 cm³/mol. The van der Waals surface area contributed by atoms with E-state index in [4.69, 9.17) is 39.9 Å². The second-order valence-corrected chi connectivity index (χ2v) is 4.37. The molecule has 0 bridgehead atoms. The van der Waals surface area contributed by atoms with Crippen LogP contribution in [0.15, 0.2) is 0 Å². The SMILES string of the molecule is NSC(Cl)(Cl)Cl. The summed E-state index contributed by atoms with van der Waals surface area (Å²) in [5.41, 5.74) is 0. The topological polar surface area (TPSA) is 26.0 Å². The zero-order valence-electron chi connectivity index (χ0n) is 2.62. The number of rotatable bonds is 0. The summed E-state index contributed by atoms with van der Waals surface area (Å²) in [5.74, 6) is 0. The molecule has 5 heteroatoms. The molecule has 0 atom stereocenters. The fourth-order valence-corrected chi connectivity index (χ4v) is 0. The van der Waals surface area contributed by atoms with Gasteiger partial charge >= 0.3 is 0 Å². The van der Waals surface area contributed by atoms with Crippen LogP contribution in [0.3, 0.4) is 0 Å². The van der Waals surface area contributed by atoms with Crippen LogP contribution in [0, 0.1) is 0 Å². The van der Waals surface area contributed by atoms with Gasteiger partial charge in [0.05, 0.1) is 0 Å². The largest absolute Gasteiger partial charge is 0.274 e. The van der Waals surface area contributed by atoms with Crippen LogP contribution < -0.4 is 5.14 Å². The predicted octanol–water partition coefficient (Wildman–Crippen LogP) is 1.92. The van der Waals surface area contributed by atoms with Crippen molar-refractivity contribution in [2.24, 2.45) is 5.14 Å². The third-order valence-corrected chi connectivity index (χ3v) is 1.20. The van der Waals surface area contributed by atoms with E-state index in [1.54, 1.807) is 0 Å². The van der Waals surface area contributed by atoms with Gasteiger partial charge in [-0.3, -0.25) is 5.14 Å². The Labute approximate surface area is 55.2 Å². The normalized spacial score (nSPS) is 12.0. The van der Waals surface area contributed by atoms with E-state index in [-0.39, 0.29) is 0 Å².